The van der Waals surface area contributed by atoms with Crippen LogP contribution in [0.4, 0.5) is 5.69 Å². The van der Waals surface area contributed by atoms with E-state index in [-0.39, 0.29) is 23.2 Å². The Labute approximate surface area is 226 Å². The number of hydrogen-bond acceptors (Lipinski definition) is 6. The average molecular weight is 564 g/mol. The van der Waals surface area contributed by atoms with E-state index in [0.29, 0.717) is 53.2 Å². The van der Waals surface area contributed by atoms with Crippen molar-refractivity contribution in [2.24, 2.45) is 0 Å². The van der Waals surface area contributed by atoms with E-state index in [1.807, 2.05) is 4.90 Å². The van der Waals surface area contributed by atoms with Crippen LogP contribution in [0.25, 0.3) is 5.69 Å². The summed E-state index contributed by atoms with van der Waals surface area (Å²) >= 11 is 12.2. The fraction of sp³-hybridized carbons (Fsp3) is 0.385. The van der Waals surface area contributed by atoms with Gasteiger partial charge >= 0.3 is 5.56 Å². The van der Waals surface area contributed by atoms with Crippen LogP contribution in [-0.4, -0.2) is 54.8 Å². The van der Waals surface area contributed by atoms with Crippen molar-refractivity contribution in [2.45, 2.75) is 37.5 Å². The first kappa shape index (κ1) is 26.0. The minimum absolute atomic E-state index is 0.0268. The Hall–Kier alpha value is -2.59. The predicted octanol–water partition coefficient (Wildman–Crippen LogP) is 4.51. The van der Waals surface area contributed by atoms with Crippen LogP contribution >= 0.6 is 23.2 Å². The normalized spacial score (nSPS) is 17.3. The lowest BCUT2D eigenvalue weighted by molar-refractivity contribution is 0.205. The van der Waals surface area contributed by atoms with Crippen LogP contribution in [-0.2, 0) is 15.8 Å². The smallest absolute Gasteiger partial charge is 0.316 e. The highest BCUT2D eigenvalue weighted by atomic mass is 35.5. The van der Waals surface area contributed by atoms with E-state index in [9.17, 15) is 13.2 Å². The number of nitrogens with zero attached hydrogens (tertiary/aromatic N) is 4. The summed E-state index contributed by atoms with van der Waals surface area (Å²) in [7, 11) is -3.52. The van der Waals surface area contributed by atoms with Crippen molar-refractivity contribution < 1.29 is 13.2 Å². The van der Waals surface area contributed by atoms with Gasteiger partial charge in [0.1, 0.15) is 5.69 Å². The number of rotatable bonds is 7. The van der Waals surface area contributed by atoms with Crippen molar-refractivity contribution in [1.82, 2.24) is 14.1 Å². The zero-order valence-electron chi connectivity index (χ0n) is 20.2. The largest absolute Gasteiger partial charge is 0.483 e. The summed E-state index contributed by atoms with van der Waals surface area (Å²) in [5.74, 6) is 0.137. The van der Waals surface area contributed by atoms with Crippen LogP contribution in [0.15, 0.2) is 59.5 Å². The topological polar surface area (TPSA) is 84.7 Å². The van der Waals surface area contributed by atoms with Gasteiger partial charge in [0.05, 0.1) is 23.7 Å². The lowest BCUT2D eigenvalue weighted by Gasteiger charge is -2.36. The third kappa shape index (κ3) is 5.95. The highest BCUT2D eigenvalue weighted by Gasteiger charge is 2.30. The molecule has 1 saturated heterocycles. The van der Waals surface area contributed by atoms with Gasteiger partial charge in [-0.2, -0.15) is 14.1 Å². The number of piperazine rings is 1. The second-order valence-electron chi connectivity index (χ2n) is 9.35. The summed E-state index contributed by atoms with van der Waals surface area (Å²) in [6.45, 7) is 1.42. The maximum atomic E-state index is 13.6. The quantitative estimate of drug-likeness (QED) is 0.421. The molecule has 0 bridgehead atoms. The van der Waals surface area contributed by atoms with Crippen molar-refractivity contribution in [1.29, 1.82) is 0 Å². The Morgan fingerprint density at radius 3 is 2.30 bits per heavy atom. The van der Waals surface area contributed by atoms with Crippen LogP contribution in [0.2, 0.25) is 10.0 Å². The molecule has 196 valence electrons. The first-order chi connectivity index (χ1) is 17.8. The van der Waals surface area contributed by atoms with Gasteiger partial charge in [0, 0.05) is 36.2 Å². The molecule has 2 heterocycles. The summed E-state index contributed by atoms with van der Waals surface area (Å²) in [4.78, 5) is 15.6. The molecule has 1 aromatic heterocycles. The number of anilines is 1. The van der Waals surface area contributed by atoms with Crippen LogP contribution in [0, 0.1) is 0 Å². The Bertz CT molecular complexity index is 1430. The van der Waals surface area contributed by atoms with E-state index in [4.69, 9.17) is 27.9 Å². The summed E-state index contributed by atoms with van der Waals surface area (Å²) in [5.41, 5.74) is 1.43. The summed E-state index contributed by atoms with van der Waals surface area (Å²) in [6, 6.07) is 13.8. The molecule has 0 radical (unpaired) electrons. The predicted molar refractivity (Wildman–Crippen MR) is 146 cm³/mol. The molecule has 0 amide bonds. The van der Waals surface area contributed by atoms with Crippen LogP contribution < -0.4 is 15.2 Å². The fourth-order valence-electron chi connectivity index (χ4n) is 4.87. The van der Waals surface area contributed by atoms with Crippen LogP contribution in [0.3, 0.4) is 0 Å². The van der Waals surface area contributed by atoms with E-state index in [1.54, 1.807) is 54.7 Å². The Morgan fingerprint density at radius 2 is 1.62 bits per heavy atom. The molecule has 2 fully saturated rings. The third-order valence-electron chi connectivity index (χ3n) is 6.77. The maximum absolute atomic E-state index is 13.6. The second kappa shape index (κ2) is 11.0. The van der Waals surface area contributed by atoms with E-state index in [1.165, 1.54) is 8.99 Å². The van der Waals surface area contributed by atoms with Gasteiger partial charge in [0.15, 0.2) is 0 Å². The molecule has 3 aromatic rings. The molecular weight excluding hydrogens is 535 g/mol. The Kier molecular flexibility index (Phi) is 7.76. The summed E-state index contributed by atoms with van der Waals surface area (Å²) in [5, 5.41) is 5.42. The van der Waals surface area contributed by atoms with Gasteiger partial charge < -0.3 is 9.64 Å². The lowest BCUT2D eigenvalue weighted by atomic mass is 10.2. The molecular formula is C26H28Cl2N4O4S. The van der Waals surface area contributed by atoms with Gasteiger partial charge in [-0.15, -0.1) is 0 Å². The highest BCUT2D eigenvalue weighted by Crippen LogP contribution is 2.31. The SMILES string of the molecule is O=c1c(OC2CCCC2)c(N2CCN(S(=O)(=O)Cc3cccc(Cl)c3)CC2)cnn1-c1cccc(Cl)c1. The molecule has 8 nitrogen and oxygen atoms in total. The molecule has 0 atom stereocenters. The van der Waals surface area contributed by atoms with Crippen molar-refractivity contribution in [3.8, 4) is 11.4 Å². The number of aromatic nitrogens is 2. The van der Waals surface area contributed by atoms with Crippen LogP contribution in [0.5, 0.6) is 5.75 Å². The molecule has 1 aliphatic heterocycles. The summed E-state index contributed by atoms with van der Waals surface area (Å²) < 4.78 is 35.2. The highest BCUT2D eigenvalue weighted by molar-refractivity contribution is 7.88. The average Bonchev–Trinajstić information content (AvgIpc) is 3.38. The van der Waals surface area contributed by atoms with E-state index < -0.39 is 10.0 Å². The first-order valence-corrected chi connectivity index (χ1v) is 14.7. The van der Waals surface area contributed by atoms with Gasteiger partial charge in [-0.1, -0.05) is 41.4 Å². The molecule has 0 spiro atoms. The van der Waals surface area contributed by atoms with Gasteiger partial charge in [0.25, 0.3) is 0 Å². The van der Waals surface area contributed by atoms with E-state index in [0.717, 1.165) is 25.7 Å². The van der Waals surface area contributed by atoms with Crippen molar-refractivity contribution >= 4 is 38.9 Å². The second-order valence-corrected chi connectivity index (χ2v) is 12.2. The number of benzene rings is 2. The van der Waals surface area contributed by atoms with Gasteiger partial charge in [-0.25, -0.2) is 8.42 Å². The summed E-state index contributed by atoms with van der Waals surface area (Å²) in [6.07, 6.45) is 5.53. The van der Waals surface area contributed by atoms with Gasteiger partial charge in [0.2, 0.25) is 15.8 Å². The number of ether oxygens (including phenoxy) is 1. The zero-order valence-corrected chi connectivity index (χ0v) is 22.6. The van der Waals surface area contributed by atoms with Gasteiger partial charge in [-0.3, -0.25) is 4.79 Å². The third-order valence-corrected chi connectivity index (χ3v) is 9.09. The fourth-order valence-corrected chi connectivity index (χ4v) is 6.77. The number of hydrogen-bond donors (Lipinski definition) is 0. The monoisotopic (exact) mass is 562 g/mol. The van der Waals surface area contributed by atoms with Crippen molar-refractivity contribution in [2.75, 3.05) is 31.1 Å². The zero-order chi connectivity index (χ0) is 26.0. The molecule has 0 unspecified atom stereocenters. The standard InChI is InChI=1S/C26H28Cl2N4O4S/c27-20-6-3-5-19(15-20)18-37(34,35)31-13-11-30(12-14-31)24-17-29-32(22-8-4-7-21(28)16-22)26(33)25(24)36-23-9-1-2-10-23/h3-8,15-17,23H,1-2,9-14,18H2. The Balaban J connectivity index is 1.38. The molecule has 2 aliphatic rings. The Morgan fingerprint density at radius 1 is 0.946 bits per heavy atom. The van der Waals surface area contributed by atoms with Gasteiger partial charge in [-0.05, 0) is 61.6 Å². The maximum Gasteiger partial charge on any atom is 0.316 e. The van der Waals surface area contributed by atoms with Crippen molar-refractivity contribution in [3.05, 3.63) is 80.7 Å². The number of halogens is 2. The first-order valence-electron chi connectivity index (χ1n) is 12.3. The number of sulfonamides is 1. The van der Waals surface area contributed by atoms with E-state index in [2.05, 4.69) is 5.10 Å². The molecule has 1 aliphatic carbocycles. The van der Waals surface area contributed by atoms with Crippen LogP contribution in [0.1, 0.15) is 31.2 Å². The molecule has 2 aromatic carbocycles. The molecule has 37 heavy (non-hydrogen) atoms. The molecule has 1 saturated carbocycles. The van der Waals surface area contributed by atoms with Crippen molar-refractivity contribution in [3.63, 3.8) is 0 Å². The minimum Gasteiger partial charge on any atom is -0.483 e. The minimum atomic E-state index is -3.52. The lowest BCUT2D eigenvalue weighted by Crippen LogP contribution is -2.49. The molecule has 5 rings (SSSR count). The molecule has 0 N–H and O–H groups in total. The molecule has 11 heteroatoms. The van der Waals surface area contributed by atoms with E-state index >= 15 is 0 Å².